The molecule has 0 radical (unpaired) electrons. The molecule has 0 aliphatic heterocycles. The van der Waals surface area contributed by atoms with Crippen molar-refractivity contribution in [1.82, 2.24) is 15.5 Å². The Morgan fingerprint density at radius 3 is 2.67 bits per heavy atom. The number of rotatable bonds is 2. The van der Waals surface area contributed by atoms with Gasteiger partial charge in [0, 0.05) is 18.3 Å². The summed E-state index contributed by atoms with van der Waals surface area (Å²) in [6.45, 7) is 7.16. The Balaban J connectivity index is 2.44. The Morgan fingerprint density at radius 2 is 2.17 bits per heavy atom. The molecule has 3 heteroatoms. The van der Waals surface area contributed by atoms with Gasteiger partial charge in [-0.1, -0.05) is 0 Å². The molecule has 0 unspecified atom stereocenters. The van der Waals surface area contributed by atoms with E-state index in [1.807, 2.05) is 12.1 Å². The summed E-state index contributed by atoms with van der Waals surface area (Å²) in [5, 5.41) is 11.1. The van der Waals surface area contributed by atoms with Gasteiger partial charge in [-0.2, -0.15) is 10.2 Å². The van der Waals surface area contributed by atoms with Gasteiger partial charge in [-0.15, -0.1) is 0 Å². The maximum absolute atomic E-state index is 3.97. The van der Waals surface area contributed by atoms with Crippen molar-refractivity contribution in [3.63, 3.8) is 0 Å². The molecule has 1 aromatic heterocycles. The third-order valence-electron chi connectivity index (χ3n) is 1.43. The highest BCUT2D eigenvalue weighted by Crippen LogP contribution is 2.00. The van der Waals surface area contributed by atoms with E-state index in [1.54, 1.807) is 6.20 Å². The maximum atomic E-state index is 3.97. The van der Waals surface area contributed by atoms with Crippen LogP contribution in [0.4, 0.5) is 0 Å². The van der Waals surface area contributed by atoms with E-state index in [2.05, 4.69) is 36.3 Å². The van der Waals surface area contributed by atoms with Gasteiger partial charge in [0.25, 0.3) is 0 Å². The zero-order valence-corrected chi connectivity index (χ0v) is 7.83. The summed E-state index contributed by atoms with van der Waals surface area (Å²) in [7, 11) is 0. The monoisotopic (exact) mass is 165 g/mol. The molecule has 0 amide bonds. The average molecular weight is 165 g/mol. The quantitative estimate of drug-likeness (QED) is 0.719. The number of hydrogen-bond acceptors (Lipinski definition) is 3. The van der Waals surface area contributed by atoms with Crippen molar-refractivity contribution in [3.05, 3.63) is 24.0 Å². The van der Waals surface area contributed by atoms with E-state index in [1.165, 1.54) is 0 Å². The lowest BCUT2D eigenvalue weighted by molar-refractivity contribution is 0.420. The molecule has 0 aliphatic carbocycles. The normalized spacial score (nSPS) is 11.6. The second-order valence-corrected chi connectivity index (χ2v) is 3.82. The van der Waals surface area contributed by atoms with Crippen molar-refractivity contribution in [1.29, 1.82) is 0 Å². The third kappa shape index (κ3) is 3.44. The molecule has 1 heterocycles. The van der Waals surface area contributed by atoms with E-state index in [0.29, 0.717) is 0 Å². The summed E-state index contributed by atoms with van der Waals surface area (Å²) in [6.07, 6.45) is 1.68. The van der Waals surface area contributed by atoms with Crippen molar-refractivity contribution < 1.29 is 0 Å². The average Bonchev–Trinajstić information content (AvgIpc) is 2.02. The molecule has 1 rings (SSSR count). The predicted octanol–water partition coefficient (Wildman–Crippen LogP) is 1.36. The summed E-state index contributed by atoms with van der Waals surface area (Å²) in [4.78, 5) is 0. The molecule has 0 spiro atoms. The Morgan fingerprint density at radius 1 is 1.42 bits per heavy atom. The molecule has 0 bridgehead atoms. The van der Waals surface area contributed by atoms with Gasteiger partial charge in [-0.05, 0) is 32.9 Å². The molecule has 66 valence electrons. The highest BCUT2D eigenvalue weighted by Gasteiger charge is 2.08. The van der Waals surface area contributed by atoms with Crippen LogP contribution in [0.15, 0.2) is 18.3 Å². The molecule has 0 aliphatic rings. The standard InChI is InChI=1S/C9H15N3/c1-9(2,3)10-7-8-5-4-6-11-12-8/h4-6,10H,7H2,1-3H3. The smallest absolute Gasteiger partial charge is 0.0769 e. The highest BCUT2D eigenvalue weighted by atomic mass is 15.1. The van der Waals surface area contributed by atoms with E-state index in [-0.39, 0.29) is 5.54 Å². The van der Waals surface area contributed by atoms with Crippen LogP contribution in [0.5, 0.6) is 0 Å². The summed E-state index contributed by atoms with van der Waals surface area (Å²) in [6, 6.07) is 3.86. The van der Waals surface area contributed by atoms with Crippen molar-refractivity contribution in [2.75, 3.05) is 0 Å². The first-order valence-corrected chi connectivity index (χ1v) is 4.09. The van der Waals surface area contributed by atoms with Crippen LogP contribution in [-0.4, -0.2) is 15.7 Å². The van der Waals surface area contributed by atoms with Gasteiger partial charge in [0.15, 0.2) is 0 Å². The zero-order chi connectivity index (χ0) is 9.03. The van der Waals surface area contributed by atoms with Crippen LogP contribution in [-0.2, 0) is 6.54 Å². The Labute approximate surface area is 73.2 Å². The molecule has 0 aromatic carbocycles. The fraction of sp³-hybridized carbons (Fsp3) is 0.556. The Hall–Kier alpha value is -0.960. The minimum absolute atomic E-state index is 0.136. The largest absolute Gasteiger partial charge is 0.306 e. The minimum atomic E-state index is 0.136. The van der Waals surface area contributed by atoms with Crippen LogP contribution in [0.2, 0.25) is 0 Å². The summed E-state index contributed by atoms with van der Waals surface area (Å²) >= 11 is 0. The lowest BCUT2D eigenvalue weighted by atomic mass is 10.1. The lowest BCUT2D eigenvalue weighted by Crippen LogP contribution is -2.35. The van der Waals surface area contributed by atoms with Crippen molar-refractivity contribution in [2.24, 2.45) is 0 Å². The van der Waals surface area contributed by atoms with Gasteiger partial charge in [0.1, 0.15) is 0 Å². The van der Waals surface area contributed by atoms with Crippen LogP contribution in [0.25, 0.3) is 0 Å². The Bertz CT molecular complexity index is 225. The summed E-state index contributed by atoms with van der Waals surface area (Å²) in [5.41, 5.74) is 1.12. The molecular formula is C9H15N3. The lowest BCUT2D eigenvalue weighted by Gasteiger charge is -2.19. The number of aromatic nitrogens is 2. The second-order valence-electron chi connectivity index (χ2n) is 3.82. The molecule has 1 aromatic rings. The van der Waals surface area contributed by atoms with Crippen LogP contribution in [0, 0.1) is 0 Å². The number of nitrogens with zero attached hydrogens (tertiary/aromatic N) is 2. The maximum Gasteiger partial charge on any atom is 0.0769 e. The van der Waals surface area contributed by atoms with Gasteiger partial charge in [-0.3, -0.25) is 0 Å². The fourth-order valence-corrected chi connectivity index (χ4v) is 0.783. The first kappa shape index (κ1) is 9.13. The first-order valence-electron chi connectivity index (χ1n) is 4.09. The van der Waals surface area contributed by atoms with Gasteiger partial charge in [0.2, 0.25) is 0 Å². The summed E-state index contributed by atoms with van der Waals surface area (Å²) < 4.78 is 0. The topological polar surface area (TPSA) is 37.8 Å². The predicted molar refractivity (Wildman–Crippen MR) is 48.6 cm³/mol. The van der Waals surface area contributed by atoms with E-state index >= 15 is 0 Å². The van der Waals surface area contributed by atoms with Crippen LogP contribution < -0.4 is 5.32 Å². The zero-order valence-electron chi connectivity index (χ0n) is 7.83. The van der Waals surface area contributed by atoms with Gasteiger partial charge in [0.05, 0.1) is 5.69 Å². The molecule has 12 heavy (non-hydrogen) atoms. The van der Waals surface area contributed by atoms with Crippen molar-refractivity contribution in [3.8, 4) is 0 Å². The third-order valence-corrected chi connectivity index (χ3v) is 1.43. The van der Waals surface area contributed by atoms with Crippen molar-refractivity contribution in [2.45, 2.75) is 32.9 Å². The summed E-state index contributed by atoms with van der Waals surface area (Å²) in [5.74, 6) is 0. The van der Waals surface area contributed by atoms with Crippen LogP contribution >= 0.6 is 0 Å². The molecule has 0 saturated carbocycles. The highest BCUT2D eigenvalue weighted by molar-refractivity contribution is 4.99. The van der Waals surface area contributed by atoms with E-state index in [0.717, 1.165) is 12.2 Å². The van der Waals surface area contributed by atoms with Gasteiger partial charge >= 0.3 is 0 Å². The molecule has 3 nitrogen and oxygen atoms in total. The van der Waals surface area contributed by atoms with Crippen molar-refractivity contribution >= 4 is 0 Å². The van der Waals surface area contributed by atoms with E-state index in [4.69, 9.17) is 0 Å². The molecule has 1 N–H and O–H groups in total. The van der Waals surface area contributed by atoms with Crippen LogP contribution in [0.1, 0.15) is 26.5 Å². The molecule has 0 fully saturated rings. The van der Waals surface area contributed by atoms with Crippen LogP contribution in [0.3, 0.4) is 0 Å². The van der Waals surface area contributed by atoms with E-state index in [9.17, 15) is 0 Å². The number of hydrogen-bond donors (Lipinski definition) is 1. The van der Waals surface area contributed by atoms with Gasteiger partial charge < -0.3 is 5.32 Å². The second kappa shape index (κ2) is 3.63. The minimum Gasteiger partial charge on any atom is -0.306 e. The SMILES string of the molecule is CC(C)(C)NCc1cccnn1. The van der Waals surface area contributed by atoms with Gasteiger partial charge in [-0.25, -0.2) is 0 Å². The Kier molecular flexibility index (Phi) is 2.76. The molecule has 0 saturated heterocycles. The molecule has 0 atom stereocenters. The number of nitrogens with one attached hydrogen (secondary N) is 1. The fourth-order valence-electron chi connectivity index (χ4n) is 0.783. The van der Waals surface area contributed by atoms with E-state index < -0.39 is 0 Å². The first-order chi connectivity index (χ1) is 5.58. The molecular weight excluding hydrogens is 150 g/mol.